The van der Waals surface area contributed by atoms with Gasteiger partial charge < -0.3 is 19.5 Å². The molecule has 2 aromatic rings. The Labute approximate surface area is 190 Å². The van der Waals surface area contributed by atoms with Gasteiger partial charge in [0.15, 0.2) is 0 Å². The number of anilines is 1. The van der Waals surface area contributed by atoms with Crippen molar-refractivity contribution in [3.05, 3.63) is 64.1 Å². The van der Waals surface area contributed by atoms with Gasteiger partial charge in [0, 0.05) is 50.5 Å². The molecule has 0 unspecified atom stereocenters. The van der Waals surface area contributed by atoms with Gasteiger partial charge in [-0.1, -0.05) is 44.2 Å². The highest BCUT2D eigenvalue weighted by Gasteiger charge is 2.42. The zero-order valence-electron chi connectivity index (χ0n) is 19.7. The number of carbonyl (C=O) groups excluding carboxylic acids is 1. The molecule has 0 bridgehead atoms. The summed E-state index contributed by atoms with van der Waals surface area (Å²) >= 11 is 0. The first-order valence-corrected chi connectivity index (χ1v) is 11.3. The number of benzene rings is 1. The van der Waals surface area contributed by atoms with E-state index in [0.717, 1.165) is 23.4 Å². The lowest BCUT2D eigenvalue weighted by Gasteiger charge is -2.46. The summed E-state index contributed by atoms with van der Waals surface area (Å²) in [7, 11) is 1.69. The van der Waals surface area contributed by atoms with Crippen LogP contribution in [0.2, 0.25) is 0 Å². The van der Waals surface area contributed by atoms with Crippen LogP contribution in [0.4, 0.5) is 5.69 Å². The first-order valence-electron chi connectivity index (χ1n) is 11.3. The number of methoxy groups -OCH3 is 1. The average Bonchev–Trinajstić information content (AvgIpc) is 3.02. The monoisotopic (exact) mass is 438 g/mol. The van der Waals surface area contributed by atoms with Crippen molar-refractivity contribution in [2.45, 2.75) is 51.4 Å². The van der Waals surface area contributed by atoms with E-state index in [0.29, 0.717) is 19.6 Å². The van der Waals surface area contributed by atoms with Crippen molar-refractivity contribution in [1.82, 2.24) is 14.8 Å². The zero-order chi connectivity index (χ0) is 23.1. The van der Waals surface area contributed by atoms with Crippen LogP contribution in [0.25, 0.3) is 0 Å². The van der Waals surface area contributed by atoms with E-state index < -0.39 is 5.72 Å². The smallest absolute Gasteiger partial charge is 0.251 e. The molecule has 3 heterocycles. The molecule has 0 aliphatic carbocycles. The zero-order valence-corrected chi connectivity index (χ0v) is 19.7. The number of piperazine rings is 1. The van der Waals surface area contributed by atoms with Gasteiger partial charge in [0.05, 0.1) is 18.8 Å². The van der Waals surface area contributed by atoms with E-state index in [1.165, 1.54) is 0 Å². The summed E-state index contributed by atoms with van der Waals surface area (Å²) < 4.78 is 7.46. The molecule has 2 aliphatic rings. The van der Waals surface area contributed by atoms with Gasteiger partial charge >= 0.3 is 0 Å². The maximum absolute atomic E-state index is 13.5. The van der Waals surface area contributed by atoms with Gasteiger partial charge in [-0.25, -0.2) is 0 Å². The largest absolute Gasteiger partial charge is 0.363 e. The third-order valence-corrected chi connectivity index (χ3v) is 6.88. The number of pyridine rings is 1. The van der Waals surface area contributed by atoms with E-state index in [1.54, 1.807) is 17.7 Å². The quantitative estimate of drug-likeness (QED) is 0.775. The molecule has 7 nitrogen and oxygen atoms in total. The van der Waals surface area contributed by atoms with Gasteiger partial charge in [-0.05, 0) is 25.0 Å². The number of nitrogens with zero attached hydrogens (tertiary/aromatic N) is 3. The fourth-order valence-corrected chi connectivity index (χ4v) is 4.76. The summed E-state index contributed by atoms with van der Waals surface area (Å²) in [5.74, 6) is 0.0270. The van der Waals surface area contributed by atoms with Crippen LogP contribution in [-0.2, 0) is 21.5 Å². The molecule has 1 amide bonds. The fraction of sp³-hybridized carbons (Fsp3) is 0.520. The summed E-state index contributed by atoms with van der Waals surface area (Å²) in [6.07, 6.45) is 1.85. The van der Waals surface area contributed by atoms with E-state index in [9.17, 15) is 9.59 Å². The van der Waals surface area contributed by atoms with Crippen molar-refractivity contribution >= 4 is 11.6 Å². The molecule has 0 spiro atoms. The number of fused-ring (bicyclic) bond motifs is 1. The molecule has 1 saturated heterocycles. The summed E-state index contributed by atoms with van der Waals surface area (Å²) in [6.45, 7) is 11.0. The molecule has 172 valence electrons. The van der Waals surface area contributed by atoms with Crippen molar-refractivity contribution in [2.75, 3.05) is 38.2 Å². The van der Waals surface area contributed by atoms with Gasteiger partial charge in [-0.2, -0.15) is 0 Å². The average molecular weight is 439 g/mol. The second-order valence-electron chi connectivity index (χ2n) is 9.93. The van der Waals surface area contributed by atoms with Crippen molar-refractivity contribution in [2.24, 2.45) is 0 Å². The highest BCUT2D eigenvalue weighted by molar-refractivity contribution is 5.97. The lowest BCUT2D eigenvalue weighted by molar-refractivity contribution is -0.150. The maximum Gasteiger partial charge on any atom is 0.251 e. The first-order chi connectivity index (χ1) is 15.1. The number of hydrogen-bond donors (Lipinski definition) is 1. The minimum Gasteiger partial charge on any atom is -0.363 e. The normalized spacial score (nSPS) is 25.0. The van der Waals surface area contributed by atoms with Crippen molar-refractivity contribution in [3.63, 3.8) is 0 Å². The Kier molecular flexibility index (Phi) is 6.00. The summed E-state index contributed by atoms with van der Waals surface area (Å²) in [5, 5.41) is 3.43. The van der Waals surface area contributed by atoms with Gasteiger partial charge in [-0.15, -0.1) is 0 Å². The van der Waals surface area contributed by atoms with E-state index in [1.807, 2.05) is 48.4 Å². The van der Waals surface area contributed by atoms with Gasteiger partial charge in [0.25, 0.3) is 5.56 Å². The molecule has 1 fully saturated rings. The second kappa shape index (κ2) is 8.46. The number of nitrogens with one attached hydrogen (secondary N) is 1. The highest BCUT2D eigenvalue weighted by Crippen LogP contribution is 2.39. The lowest BCUT2D eigenvalue weighted by atomic mass is 9.87. The van der Waals surface area contributed by atoms with Gasteiger partial charge in [0.1, 0.15) is 5.72 Å². The summed E-state index contributed by atoms with van der Waals surface area (Å²) in [6, 6.07) is 11.9. The Morgan fingerprint density at radius 3 is 2.62 bits per heavy atom. The number of carbonyl (C=O) groups is 1. The number of ether oxygens (including phenoxy) is 1. The van der Waals surface area contributed by atoms with Crippen LogP contribution >= 0.6 is 0 Å². The molecule has 0 saturated carbocycles. The molecule has 0 radical (unpaired) electrons. The molecule has 1 aromatic heterocycles. The van der Waals surface area contributed by atoms with E-state index in [-0.39, 0.29) is 29.5 Å². The number of amides is 1. The second-order valence-corrected chi connectivity index (χ2v) is 9.93. The van der Waals surface area contributed by atoms with E-state index >= 15 is 0 Å². The van der Waals surface area contributed by atoms with Crippen LogP contribution in [0.15, 0.2) is 47.4 Å². The van der Waals surface area contributed by atoms with Crippen LogP contribution in [0.5, 0.6) is 0 Å². The Hall–Kier alpha value is -2.48. The molecule has 7 heteroatoms. The molecular weight excluding hydrogens is 404 g/mol. The topological polar surface area (TPSA) is 66.8 Å². The Balaban J connectivity index is 1.63. The van der Waals surface area contributed by atoms with Crippen LogP contribution in [0.1, 0.15) is 38.8 Å². The standard InChI is InChI=1S/C25H34N4O3/c1-18-12-28(25(4,32-5)16-26-18)15-23(31)29-17-24(2,3)20-11-22(30)27(14-21(20)29)13-19-9-7-6-8-10-19/h6-11,14,18,26H,12-13,15-17H2,1-5H3/t18-,25-/m1/s1. The van der Waals surface area contributed by atoms with E-state index in [2.05, 4.69) is 31.0 Å². The van der Waals surface area contributed by atoms with Crippen molar-refractivity contribution < 1.29 is 9.53 Å². The molecular formula is C25H34N4O3. The Bertz CT molecular complexity index is 1050. The maximum atomic E-state index is 13.5. The minimum absolute atomic E-state index is 0.0270. The fourth-order valence-electron chi connectivity index (χ4n) is 4.76. The summed E-state index contributed by atoms with van der Waals surface area (Å²) in [5.41, 5.74) is 1.96. The van der Waals surface area contributed by atoms with Gasteiger partial charge in [-0.3, -0.25) is 14.5 Å². The van der Waals surface area contributed by atoms with Crippen LogP contribution < -0.4 is 15.8 Å². The predicted octanol–water partition coefficient (Wildman–Crippen LogP) is 2.18. The molecule has 1 aromatic carbocycles. The van der Waals surface area contributed by atoms with Crippen molar-refractivity contribution in [3.8, 4) is 0 Å². The minimum atomic E-state index is -0.535. The molecule has 2 aliphatic heterocycles. The van der Waals surface area contributed by atoms with Gasteiger partial charge in [0.2, 0.25) is 5.91 Å². The Morgan fingerprint density at radius 2 is 1.94 bits per heavy atom. The van der Waals surface area contributed by atoms with Crippen molar-refractivity contribution in [1.29, 1.82) is 0 Å². The third-order valence-electron chi connectivity index (χ3n) is 6.88. The lowest BCUT2D eigenvalue weighted by Crippen LogP contribution is -2.65. The highest BCUT2D eigenvalue weighted by atomic mass is 16.5. The SMILES string of the molecule is CO[C@]1(C)CN[C@H](C)CN1CC(=O)N1CC(C)(C)c2cc(=O)n(Cc3ccccc3)cc21. The Morgan fingerprint density at radius 1 is 1.22 bits per heavy atom. The van der Waals surface area contributed by atoms with E-state index in [4.69, 9.17) is 4.74 Å². The molecule has 32 heavy (non-hydrogen) atoms. The molecule has 1 N–H and O–H groups in total. The molecule has 2 atom stereocenters. The van der Waals surface area contributed by atoms with Crippen LogP contribution in [0.3, 0.4) is 0 Å². The number of rotatable bonds is 5. The van der Waals surface area contributed by atoms with Crippen LogP contribution in [0, 0.1) is 0 Å². The third kappa shape index (κ3) is 4.25. The first kappa shape index (κ1) is 22.7. The molecule has 4 rings (SSSR count). The van der Waals surface area contributed by atoms with Crippen LogP contribution in [-0.4, -0.2) is 60.4 Å². The number of aromatic nitrogens is 1. The summed E-state index contributed by atoms with van der Waals surface area (Å²) in [4.78, 5) is 30.4. The predicted molar refractivity (Wildman–Crippen MR) is 126 cm³/mol. The number of hydrogen-bond acceptors (Lipinski definition) is 5.